The van der Waals surface area contributed by atoms with Gasteiger partial charge in [-0.3, -0.25) is 9.20 Å². The largest absolute Gasteiger partial charge is 0.269 e. The topological polar surface area (TPSA) is 47.3 Å². The second-order valence-electron chi connectivity index (χ2n) is 6.30. The molecular formula is C20H17N3O. The molecule has 3 aromatic heterocycles. The van der Waals surface area contributed by atoms with Gasteiger partial charge in [-0.1, -0.05) is 18.9 Å². The van der Waals surface area contributed by atoms with Gasteiger partial charge in [0, 0.05) is 23.5 Å². The van der Waals surface area contributed by atoms with Crippen molar-refractivity contribution in [2.75, 3.05) is 0 Å². The van der Waals surface area contributed by atoms with E-state index in [1.165, 1.54) is 0 Å². The monoisotopic (exact) mass is 315 g/mol. The van der Waals surface area contributed by atoms with E-state index >= 15 is 0 Å². The molecule has 1 aliphatic carbocycles. The first-order chi connectivity index (χ1) is 11.7. The van der Waals surface area contributed by atoms with Crippen LogP contribution >= 0.6 is 0 Å². The van der Waals surface area contributed by atoms with Crippen molar-refractivity contribution in [2.24, 2.45) is 5.92 Å². The van der Waals surface area contributed by atoms with E-state index < -0.39 is 0 Å². The van der Waals surface area contributed by atoms with Gasteiger partial charge in [-0.05, 0) is 55.4 Å². The molecule has 0 spiro atoms. The van der Waals surface area contributed by atoms with E-state index in [0.717, 1.165) is 41.8 Å². The number of hydrogen-bond donors (Lipinski definition) is 0. The highest BCUT2D eigenvalue weighted by molar-refractivity contribution is 5.50. The third-order valence-corrected chi connectivity index (χ3v) is 4.44. The predicted molar refractivity (Wildman–Crippen MR) is 92.9 cm³/mol. The summed E-state index contributed by atoms with van der Waals surface area (Å²) in [5, 5.41) is 0. The summed E-state index contributed by atoms with van der Waals surface area (Å²) in [5.74, 6) is 6.71. The molecule has 24 heavy (non-hydrogen) atoms. The Bertz CT molecular complexity index is 1030. The van der Waals surface area contributed by atoms with Crippen molar-refractivity contribution in [3.05, 3.63) is 75.6 Å². The first-order valence-electron chi connectivity index (χ1n) is 8.18. The maximum Gasteiger partial charge on any atom is 0.261 e. The van der Waals surface area contributed by atoms with Crippen LogP contribution in [0.4, 0.5) is 0 Å². The molecule has 1 aliphatic rings. The van der Waals surface area contributed by atoms with Gasteiger partial charge in [0.2, 0.25) is 0 Å². The molecule has 1 atom stereocenters. The molecule has 4 heteroatoms. The Morgan fingerprint density at radius 1 is 1.25 bits per heavy atom. The average molecular weight is 315 g/mol. The van der Waals surface area contributed by atoms with Crippen molar-refractivity contribution in [2.45, 2.75) is 26.2 Å². The number of aromatic nitrogens is 3. The number of pyridine rings is 2. The lowest BCUT2D eigenvalue weighted by Crippen LogP contribution is -2.27. The van der Waals surface area contributed by atoms with Crippen LogP contribution in [-0.2, 0) is 12.8 Å². The summed E-state index contributed by atoms with van der Waals surface area (Å²) >= 11 is 0. The Hall–Kier alpha value is -2.93. The molecule has 0 saturated heterocycles. The van der Waals surface area contributed by atoms with E-state index in [0.29, 0.717) is 11.6 Å². The molecule has 0 aromatic carbocycles. The fourth-order valence-corrected chi connectivity index (χ4v) is 3.11. The Kier molecular flexibility index (Phi) is 3.62. The van der Waals surface area contributed by atoms with Crippen molar-refractivity contribution in [1.82, 2.24) is 14.4 Å². The second kappa shape index (κ2) is 5.93. The van der Waals surface area contributed by atoms with Crippen molar-refractivity contribution < 1.29 is 0 Å². The van der Waals surface area contributed by atoms with E-state index in [1.54, 1.807) is 16.8 Å². The first-order valence-corrected chi connectivity index (χ1v) is 8.18. The summed E-state index contributed by atoms with van der Waals surface area (Å²) in [5.41, 5.74) is 4.11. The van der Waals surface area contributed by atoms with Gasteiger partial charge in [0.15, 0.2) is 0 Å². The normalized spacial score (nSPS) is 16.3. The third kappa shape index (κ3) is 2.69. The molecule has 4 nitrogen and oxygen atoms in total. The fraction of sp³-hybridized carbons (Fsp3) is 0.250. The maximum atomic E-state index is 12.6. The number of hydrogen-bond acceptors (Lipinski definition) is 3. The molecule has 0 saturated carbocycles. The van der Waals surface area contributed by atoms with Crippen LogP contribution in [0.15, 0.2) is 47.5 Å². The molecule has 3 aromatic rings. The summed E-state index contributed by atoms with van der Waals surface area (Å²) in [4.78, 5) is 21.6. The number of fused-ring (bicyclic) bond motifs is 2. The third-order valence-electron chi connectivity index (χ3n) is 4.44. The highest BCUT2D eigenvalue weighted by Gasteiger charge is 2.20. The Balaban J connectivity index is 1.79. The van der Waals surface area contributed by atoms with Crippen molar-refractivity contribution >= 4 is 5.65 Å². The van der Waals surface area contributed by atoms with E-state index in [9.17, 15) is 4.79 Å². The molecule has 0 aliphatic heterocycles. The maximum absolute atomic E-state index is 12.6. The molecule has 118 valence electrons. The summed E-state index contributed by atoms with van der Waals surface area (Å²) in [6, 6.07) is 9.36. The van der Waals surface area contributed by atoms with Gasteiger partial charge >= 0.3 is 0 Å². The quantitative estimate of drug-likeness (QED) is 0.599. The zero-order valence-corrected chi connectivity index (χ0v) is 13.5. The van der Waals surface area contributed by atoms with Crippen LogP contribution in [0, 0.1) is 17.8 Å². The molecule has 0 radical (unpaired) electrons. The minimum atomic E-state index is 0.0612. The summed E-state index contributed by atoms with van der Waals surface area (Å²) in [6.45, 7) is 2.21. The van der Waals surface area contributed by atoms with Crippen LogP contribution in [0.2, 0.25) is 0 Å². The summed E-state index contributed by atoms with van der Waals surface area (Å²) in [7, 11) is 0. The highest BCUT2D eigenvalue weighted by atomic mass is 16.1. The van der Waals surface area contributed by atoms with E-state index in [2.05, 4.69) is 23.7 Å². The van der Waals surface area contributed by atoms with Crippen molar-refractivity contribution in [1.29, 1.82) is 0 Å². The molecule has 0 fully saturated rings. The summed E-state index contributed by atoms with van der Waals surface area (Å²) < 4.78 is 1.63. The van der Waals surface area contributed by atoms with Gasteiger partial charge in [0.05, 0.1) is 5.69 Å². The van der Waals surface area contributed by atoms with Crippen LogP contribution in [-0.4, -0.2) is 14.4 Å². The number of rotatable bonds is 0. The number of nitrogens with zero attached hydrogens (tertiary/aromatic N) is 3. The van der Waals surface area contributed by atoms with Gasteiger partial charge in [0.1, 0.15) is 11.3 Å². The Morgan fingerprint density at radius 2 is 2.17 bits per heavy atom. The summed E-state index contributed by atoms with van der Waals surface area (Å²) in [6.07, 6.45) is 6.26. The van der Waals surface area contributed by atoms with Crippen LogP contribution in [0.5, 0.6) is 0 Å². The molecule has 1 unspecified atom stereocenters. The van der Waals surface area contributed by atoms with Crippen LogP contribution in [0.3, 0.4) is 0 Å². The van der Waals surface area contributed by atoms with Crippen molar-refractivity contribution in [3.63, 3.8) is 0 Å². The van der Waals surface area contributed by atoms with E-state index in [4.69, 9.17) is 4.98 Å². The minimum Gasteiger partial charge on any atom is -0.269 e. The fourth-order valence-electron chi connectivity index (χ4n) is 3.11. The lowest BCUT2D eigenvalue weighted by Gasteiger charge is -2.20. The van der Waals surface area contributed by atoms with E-state index in [-0.39, 0.29) is 5.56 Å². The lowest BCUT2D eigenvalue weighted by atomic mass is 9.89. The zero-order chi connectivity index (χ0) is 16.5. The SMILES string of the molecule is CC1CCc2c(nc3cc(C#Cc4ccccn4)ccn3c2=O)C1. The molecule has 0 N–H and O–H groups in total. The van der Waals surface area contributed by atoms with Gasteiger partial charge in [-0.25, -0.2) is 9.97 Å². The van der Waals surface area contributed by atoms with Gasteiger partial charge in [-0.2, -0.15) is 0 Å². The van der Waals surface area contributed by atoms with Gasteiger partial charge in [-0.15, -0.1) is 0 Å². The smallest absolute Gasteiger partial charge is 0.261 e. The zero-order valence-electron chi connectivity index (χ0n) is 13.5. The van der Waals surface area contributed by atoms with Gasteiger partial charge in [0.25, 0.3) is 5.56 Å². The predicted octanol–water partition coefficient (Wildman–Crippen LogP) is 2.61. The van der Waals surface area contributed by atoms with Crippen LogP contribution in [0.25, 0.3) is 5.65 Å². The lowest BCUT2D eigenvalue weighted by molar-refractivity contribution is 0.488. The van der Waals surface area contributed by atoms with Crippen LogP contribution in [0.1, 0.15) is 35.9 Å². The standard InChI is InChI=1S/C20H17N3O/c1-14-5-8-17-18(12-14)22-19-13-15(9-11-23(19)20(17)24)6-7-16-4-2-3-10-21-16/h2-4,9-11,13-14H,5,8,12H2,1H3. The molecule has 0 amide bonds. The molecule has 0 bridgehead atoms. The average Bonchev–Trinajstić information content (AvgIpc) is 2.60. The molecule has 3 heterocycles. The van der Waals surface area contributed by atoms with Gasteiger partial charge < -0.3 is 0 Å². The highest BCUT2D eigenvalue weighted by Crippen LogP contribution is 2.22. The Labute approximate surface area is 140 Å². The van der Waals surface area contributed by atoms with Crippen LogP contribution < -0.4 is 5.56 Å². The Morgan fingerprint density at radius 3 is 3.00 bits per heavy atom. The minimum absolute atomic E-state index is 0.0612. The second-order valence-corrected chi connectivity index (χ2v) is 6.30. The molecule has 4 rings (SSSR count). The first kappa shape index (κ1) is 14.6. The molecular weight excluding hydrogens is 298 g/mol. The van der Waals surface area contributed by atoms with E-state index in [1.807, 2.05) is 30.3 Å². The van der Waals surface area contributed by atoms with Crippen molar-refractivity contribution in [3.8, 4) is 11.8 Å².